The molecular formula is C24H18ClFNNaO3. The van der Waals surface area contributed by atoms with Crippen LogP contribution >= 0.6 is 11.6 Å². The normalized spacial score (nSPS) is 13.1. The third-order valence-corrected chi connectivity index (χ3v) is 5.31. The molecule has 0 unspecified atom stereocenters. The number of carboxylic acid groups (broad SMARTS) is 1. The molecular weight excluding hydrogens is 428 g/mol. The van der Waals surface area contributed by atoms with E-state index in [1.807, 2.05) is 12.1 Å². The third kappa shape index (κ3) is 5.55. The molecule has 3 aromatic rings. The minimum absolute atomic E-state index is 0. The standard InChI is InChI=1S/C24H19ClFNO3.Na/c25-16-9-7-15(8-10-16)14-30-23-12-11-17(26)13-20(23)18-3-1-4-19(18)21-5-2-6-22(27-21)24(28)29;/h2,5-13H,1,3-4,14H2,(H,28,29);/q;+1/p-1. The number of allylic oxidation sites excluding steroid dienone is 2. The van der Waals surface area contributed by atoms with Crippen molar-refractivity contribution in [2.24, 2.45) is 0 Å². The van der Waals surface area contributed by atoms with Gasteiger partial charge in [-0.1, -0.05) is 29.8 Å². The molecule has 0 radical (unpaired) electrons. The first kappa shape index (κ1) is 23.5. The Labute approximate surface area is 207 Å². The number of aromatic nitrogens is 1. The van der Waals surface area contributed by atoms with Gasteiger partial charge in [0.1, 0.15) is 18.2 Å². The van der Waals surface area contributed by atoms with E-state index < -0.39 is 5.97 Å². The van der Waals surface area contributed by atoms with Gasteiger partial charge < -0.3 is 14.6 Å². The Kier molecular flexibility index (Phi) is 7.89. The van der Waals surface area contributed by atoms with Crippen molar-refractivity contribution in [1.82, 2.24) is 4.98 Å². The van der Waals surface area contributed by atoms with Crippen LogP contribution in [0.3, 0.4) is 0 Å². The summed E-state index contributed by atoms with van der Waals surface area (Å²) < 4.78 is 20.1. The van der Waals surface area contributed by atoms with Crippen LogP contribution in [0.25, 0.3) is 11.1 Å². The second-order valence-electron chi connectivity index (χ2n) is 7.06. The van der Waals surface area contributed by atoms with Crippen molar-refractivity contribution in [2.45, 2.75) is 25.9 Å². The number of carbonyl (C=O) groups excluding carboxylic acids is 1. The first-order chi connectivity index (χ1) is 14.5. The molecule has 1 aliphatic rings. The number of nitrogens with zero attached hydrogens (tertiary/aromatic N) is 1. The van der Waals surface area contributed by atoms with E-state index in [-0.39, 0.29) is 41.1 Å². The quantitative estimate of drug-likeness (QED) is 0.544. The number of halogens is 2. The average molecular weight is 446 g/mol. The number of rotatable bonds is 6. The first-order valence-corrected chi connectivity index (χ1v) is 9.97. The number of benzene rings is 2. The fourth-order valence-electron chi connectivity index (χ4n) is 3.65. The Hall–Kier alpha value is -2.18. The molecule has 0 aliphatic heterocycles. The summed E-state index contributed by atoms with van der Waals surface area (Å²) >= 11 is 5.93. The monoisotopic (exact) mass is 445 g/mol. The van der Waals surface area contributed by atoms with Crippen molar-refractivity contribution in [1.29, 1.82) is 0 Å². The zero-order valence-corrected chi connectivity index (χ0v) is 19.8. The summed E-state index contributed by atoms with van der Waals surface area (Å²) in [4.78, 5) is 15.4. The van der Waals surface area contributed by atoms with Gasteiger partial charge in [-0.05, 0) is 78.4 Å². The number of carboxylic acids is 1. The summed E-state index contributed by atoms with van der Waals surface area (Å²) in [6.07, 6.45) is 2.33. The zero-order chi connectivity index (χ0) is 21.1. The van der Waals surface area contributed by atoms with E-state index >= 15 is 0 Å². The van der Waals surface area contributed by atoms with Crippen LogP contribution in [0.4, 0.5) is 4.39 Å². The maximum absolute atomic E-state index is 14.1. The maximum Gasteiger partial charge on any atom is 1.00 e. The van der Waals surface area contributed by atoms with Gasteiger partial charge in [-0.3, -0.25) is 0 Å². The maximum atomic E-state index is 14.1. The zero-order valence-electron chi connectivity index (χ0n) is 17.0. The van der Waals surface area contributed by atoms with Crippen LogP contribution in [-0.2, 0) is 6.61 Å². The van der Waals surface area contributed by atoms with Gasteiger partial charge in [0.05, 0.1) is 17.4 Å². The summed E-state index contributed by atoms with van der Waals surface area (Å²) in [5.74, 6) is -1.12. The molecule has 1 aliphatic carbocycles. The van der Waals surface area contributed by atoms with Crippen LogP contribution in [-0.4, -0.2) is 11.0 Å². The molecule has 0 bridgehead atoms. The molecule has 1 aromatic heterocycles. The van der Waals surface area contributed by atoms with Gasteiger partial charge in [-0.25, -0.2) is 9.37 Å². The molecule has 0 atom stereocenters. The van der Waals surface area contributed by atoms with Gasteiger partial charge in [-0.15, -0.1) is 0 Å². The second-order valence-corrected chi connectivity index (χ2v) is 7.50. The number of pyridine rings is 1. The topological polar surface area (TPSA) is 62.2 Å². The smallest absolute Gasteiger partial charge is 0.543 e. The van der Waals surface area contributed by atoms with Crippen LogP contribution in [0.2, 0.25) is 5.02 Å². The van der Waals surface area contributed by atoms with Gasteiger partial charge in [-0.2, -0.15) is 0 Å². The molecule has 1 heterocycles. The molecule has 0 amide bonds. The number of ether oxygens (including phenoxy) is 1. The predicted molar refractivity (Wildman–Crippen MR) is 111 cm³/mol. The van der Waals surface area contributed by atoms with Crippen LogP contribution in [0, 0.1) is 5.82 Å². The number of hydrogen-bond acceptors (Lipinski definition) is 4. The number of aromatic carboxylic acids is 1. The fraction of sp³-hybridized carbons (Fsp3) is 0.167. The molecule has 0 saturated carbocycles. The largest absolute Gasteiger partial charge is 1.00 e. The number of carbonyl (C=O) groups is 1. The van der Waals surface area contributed by atoms with E-state index in [1.54, 1.807) is 30.3 Å². The van der Waals surface area contributed by atoms with Gasteiger partial charge in [0.15, 0.2) is 0 Å². The molecule has 0 spiro atoms. The Morgan fingerprint density at radius 2 is 1.81 bits per heavy atom. The summed E-state index contributed by atoms with van der Waals surface area (Å²) in [5, 5.41) is 11.8. The van der Waals surface area contributed by atoms with Crippen molar-refractivity contribution < 1.29 is 48.6 Å². The molecule has 0 fully saturated rings. The summed E-state index contributed by atoms with van der Waals surface area (Å²) in [6.45, 7) is 0.316. The second kappa shape index (κ2) is 10.4. The van der Waals surface area contributed by atoms with E-state index in [2.05, 4.69) is 4.98 Å². The van der Waals surface area contributed by atoms with Crippen LogP contribution < -0.4 is 39.4 Å². The Balaban J connectivity index is 0.00000272. The predicted octanol–water partition coefficient (Wildman–Crippen LogP) is 1.92. The molecule has 0 saturated heterocycles. The van der Waals surface area contributed by atoms with Crippen molar-refractivity contribution in [3.8, 4) is 5.75 Å². The Morgan fingerprint density at radius 1 is 1.06 bits per heavy atom. The van der Waals surface area contributed by atoms with Gasteiger partial charge in [0, 0.05) is 10.6 Å². The summed E-state index contributed by atoms with van der Waals surface area (Å²) in [6, 6.07) is 16.6. The van der Waals surface area contributed by atoms with Crippen LogP contribution in [0.5, 0.6) is 5.75 Å². The van der Waals surface area contributed by atoms with Crippen molar-refractivity contribution in [2.75, 3.05) is 0 Å². The molecule has 0 N–H and O–H groups in total. The van der Waals surface area contributed by atoms with Crippen molar-refractivity contribution in [3.05, 3.63) is 94.0 Å². The van der Waals surface area contributed by atoms with E-state index in [4.69, 9.17) is 16.3 Å². The molecule has 152 valence electrons. The third-order valence-electron chi connectivity index (χ3n) is 5.06. The Morgan fingerprint density at radius 3 is 2.55 bits per heavy atom. The minimum atomic E-state index is -1.32. The van der Waals surface area contributed by atoms with E-state index in [0.29, 0.717) is 28.6 Å². The van der Waals surface area contributed by atoms with Gasteiger partial charge >= 0.3 is 29.6 Å². The van der Waals surface area contributed by atoms with Crippen molar-refractivity contribution in [3.63, 3.8) is 0 Å². The van der Waals surface area contributed by atoms with Crippen molar-refractivity contribution >= 4 is 28.7 Å². The van der Waals surface area contributed by atoms with E-state index in [9.17, 15) is 14.3 Å². The average Bonchev–Trinajstić information content (AvgIpc) is 3.24. The van der Waals surface area contributed by atoms with Gasteiger partial charge in [0.2, 0.25) is 0 Å². The first-order valence-electron chi connectivity index (χ1n) is 9.59. The van der Waals surface area contributed by atoms with E-state index in [0.717, 1.165) is 36.0 Å². The molecule has 4 rings (SSSR count). The fourth-order valence-corrected chi connectivity index (χ4v) is 3.77. The molecule has 2 aromatic carbocycles. The van der Waals surface area contributed by atoms with Crippen LogP contribution in [0.1, 0.15) is 46.6 Å². The molecule has 31 heavy (non-hydrogen) atoms. The Bertz CT molecular complexity index is 1130. The molecule has 4 nitrogen and oxygen atoms in total. The SMILES string of the molecule is O=C([O-])c1cccc(C2=C(c3cc(F)ccc3OCc3ccc(Cl)cc3)CCC2)n1.[Na+]. The summed E-state index contributed by atoms with van der Waals surface area (Å²) in [7, 11) is 0. The summed E-state index contributed by atoms with van der Waals surface area (Å²) in [5.41, 5.74) is 3.88. The minimum Gasteiger partial charge on any atom is -0.543 e. The van der Waals surface area contributed by atoms with Gasteiger partial charge in [0.25, 0.3) is 0 Å². The van der Waals surface area contributed by atoms with Crippen LogP contribution in [0.15, 0.2) is 60.7 Å². The van der Waals surface area contributed by atoms with E-state index in [1.165, 1.54) is 18.2 Å². The number of hydrogen-bond donors (Lipinski definition) is 0. The molecule has 7 heteroatoms.